The molecule has 0 aliphatic carbocycles. The average molecular weight is 342 g/mol. The summed E-state index contributed by atoms with van der Waals surface area (Å²) >= 11 is 0. The lowest BCUT2D eigenvalue weighted by atomic mass is 10.2. The summed E-state index contributed by atoms with van der Waals surface area (Å²) in [7, 11) is -3.34. The van der Waals surface area contributed by atoms with E-state index in [0.29, 0.717) is 12.1 Å². The van der Waals surface area contributed by atoms with Gasteiger partial charge in [0.05, 0.1) is 17.2 Å². The zero-order chi connectivity index (χ0) is 17.2. The second-order valence-electron chi connectivity index (χ2n) is 5.85. The third kappa shape index (κ3) is 3.89. The molecule has 2 heterocycles. The van der Waals surface area contributed by atoms with Crippen molar-refractivity contribution in [3.05, 3.63) is 81.9 Å². The van der Waals surface area contributed by atoms with Gasteiger partial charge in [-0.25, -0.2) is 13.4 Å². The fraction of sp³-hybridized carbons (Fsp3) is 0.222. The van der Waals surface area contributed by atoms with E-state index in [1.165, 1.54) is 10.5 Å². The Kier molecular flexibility index (Phi) is 4.49. The molecule has 0 saturated heterocycles. The van der Waals surface area contributed by atoms with Gasteiger partial charge in [-0.1, -0.05) is 36.4 Å². The number of rotatable bonds is 5. The van der Waals surface area contributed by atoms with Gasteiger partial charge in [0.25, 0.3) is 5.56 Å². The first-order valence-electron chi connectivity index (χ1n) is 7.66. The SMILES string of the molecule is Cc1ccc2nc(CS(=O)(=O)CCc3ccccc3)cc(=O)n2c1. The molecule has 0 saturated carbocycles. The van der Waals surface area contributed by atoms with Crippen LogP contribution in [-0.4, -0.2) is 23.6 Å². The average Bonchev–Trinajstić information content (AvgIpc) is 2.54. The Morgan fingerprint density at radius 3 is 2.58 bits per heavy atom. The Hall–Kier alpha value is -2.47. The van der Waals surface area contributed by atoms with E-state index >= 15 is 0 Å². The molecular weight excluding hydrogens is 324 g/mol. The second kappa shape index (κ2) is 6.57. The molecule has 0 aliphatic rings. The van der Waals surface area contributed by atoms with Gasteiger partial charge in [0, 0.05) is 12.3 Å². The predicted octanol–water partition coefficient (Wildman–Crippen LogP) is 2.16. The maximum Gasteiger partial charge on any atom is 0.258 e. The molecule has 3 rings (SSSR count). The second-order valence-corrected chi connectivity index (χ2v) is 8.03. The van der Waals surface area contributed by atoms with Gasteiger partial charge in [0.2, 0.25) is 0 Å². The van der Waals surface area contributed by atoms with Crippen molar-refractivity contribution in [2.24, 2.45) is 0 Å². The van der Waals surface area contributed by atoms with Crippen molar-refractivity contribution in [2.45, 2.75) is 19.1 Å². The first-order valence-corrected chi connectivity index (χ1v) is 9.48. The normalized spacial score (nSPS) is 11.7. The van der Waals surface area contributed by atoms with E-state index in [1.54, 1.807) is 12.3 Å². The lowest BCUT2D eigenvalue weighted by molar-refractivity contribution is 0.594. The Morgan fingerprint density at radius 2 is 1.83 bits per heavy atom. The van der Waals surface area contributed by atoms with E-state index in [4.69, 9.17) is 0 Å². The van der Waals surface area contributed by atoms with Crippen molar-refractivity contribution in [3.63, 3.8) is 0 Å². The molecule has 0 aliphatic heterocycles. The van der Waals surface area contributed by atoms with Gasteiger partial charge >= 0.3 is 0 Å². The maximum absolute atomic E-state index is 12.3. The number of nitrogens with zero attached hydrogens (tertiary/aromatic N) is 2. The summed E-state index contributed by atoms with van der Waals surface area (Å²) in [6.07, 6.45) is 2.15. The number of benzene rings is 1. The largest absolute Gasteiger partial charge is 0.269 e. The Morgan fingerprint density at radius 1 is 1.08 bits per heavy atom. The van der Waals surface area contributed by atoms with Crippen molar-refractivity contribution < 1.29 is 8.42 Å². The fourth-order valence-electron chi connectivity index (χ4n) is 2.55. The van der Waals surface area contributed by atoms with Crippen LogP contribution in [0.2, 0.25) is 0 Å². The minimum absolute atomic E-state index is 0.0337. The van der Waals surface area contributed by atoms with Crippen LogP contribution in [0.4, 0.5) is 0 Å². The molecule has 0 unspecified atom stereocenters. The molecule has 0 atom stereocenters. The summed E-state index contributed by atoms with van der Waals surface area (Å²) in [5, 5.41) is 0. The fourth-order valence-corrected chi connectivity index (χ4v) is 3.84. The summed E-state index contributed by atoms with van der Waals surface area (Å²) in [6, 6.07) is 14.3. The maximum atomic E-state index is 12.3. The van der Waals surface area contributed by atoms with Gasteiger partial charge < -0.3 is 0 Å². The lowest BCUT2D eigenvalue weighted by Crippen LogP contribution is -2.19. The molecular formula is C18H18N2O3S. The monoisotopic (exact) mass is 342 g/mol. The van der Waals surface area contributed by atoms with Gasteiger partial charge in [0.1, 0.15) is 5.65 Å². The number of pyridine rings is 1. The molecule has 124 valence electrons. The summed E-state index contributed by atoms with van der Waals surface area (Å²) in [5.41, 5.74) is 2.40. The van der Waals surface area contributed by atoms with Gasteiger partial charge in [-0.05, 0) is 30.5 Å². The molecule has 0 amide bonds. The van der Waals surface area contributed by atoms with E-state index in [0.717, 1.165) is 11.1 Å². The molecule has 5 nitrogen and oxygen atoms in total. The molecule has 1 aromatic carbocycles. The molecule has 0 radical (unpaired) electrons. The Labute approximate surface area is 140 Å². The number of sulfone groups is 1. The van der Waals surface area contributed by atoms with E-state index in [9.17, 15) is 13.2 Å². The van der Waals surface area contributed by atoms with Crippen LogP contribution < -0.4 is 5.56 Å². The topological polar surface area (TPSA) is 68.5 Å². The van der Waals surface area contributed by atoms with Crippen molar-refractivity contribution in [3.8, 4) is 0 Å². The Bertz CT molecular complexity index is 1030. The third-order valence-corrected chi connectivity index (χ3v) is 5.33. The van der Waals surface area contributed by atoms with E-state index in [2.05, 4.69) is 4.98 Å². The standard InChI is InChI=1S/C18H18N2O3S/c1-14-7-8-17-19-16(11-18(21)20(17)12-14)13-24(22,23)10-9-15-5-3-2-4-6-15/h2-8,11-12H,9-10,13H2,1H3. The first kappa shape index (κ1) is 16.4. The van der Waals surface area contributed by atoms with Crippen molar-refractivity contribution in [1.82, 2.24) is 9.38 Å². The van der Waals surface area contributed by atoms with Gasteiger partial charge in [-0.3, -0.25) is 9.20 Å². The van der Waals surface area contributed by atoms with E-state index < -0.39 is 9.84 Å². The Balaban J connectivity index is 1.81. The van der Waals surface area contributed by atoms with E-state index in [-0.39, 0.29) is 22.8 Å². The summed E-state index contributed by atoms with van der Waals surface area (Å²) in [6.45, 7) is 1.88. The number of hydrogen-bond donors (Lipinski definition) is 0. The van der Waals surface area contributed by atoms with Crippen LogP contribution in [-0.2, 0) is 22.0 Å². The van der Waals surface area contributed by atoms with Gasteiger partial charge in [-0.15, -0.1) is 0 Å². The zero-order valence-electron chi connectivity index (χ0n) is 13.3. The summed E-state index contributed by atoms with van der Waals surface area (Å²) < 4.78 is 26.1. The molecule has 2 aromatic heterocycles. The number of hydrogen-bond acceptors (Lipinski definition) is 4. The highest BCUT2D eigenvalue weighted by Crippen LogP contribution is 2.08. The summed E-state index contributed by atoms with van der Waals surface area (Å²) in [5.74, 6) is -0.189. The van der Waals surface area contributed by atoms with Crippen molar-refractivity contribution in [2.75, 3.05) is 5.75 Å². The first-order chi connectivity index (χ1) is 11.4. The molecule has 3 aromatic rings. The van der Waals surface area contributed by atoms with Crippen LogP contribution in [0.3, 0.4) is 0 Å². The van der Waals surface area contributed by atoms with Gasteiger partial charge in [-0.2, -0.15) is 0 Å². The van der Waals surface area contributed by atoms with Crippen LogP contribution in [0.5, 0.6) is 0 Å². The van der Waals surface area contributed by atoms with Crippen LogP contribution in [0.1, 0.15) is 16.8 Å². The molecule has 6 heteroatoms. The van der Waals surface area contributed by atoms with E-state index in [1.807, 2.05) is 43.3 Å². The molecule has 0 bridgehead atoms. The molecule has 0 N–H and O–H groups in total. The highest BCUT2D eigenvalue weighted by atomic mass is 32.2. The zero-order valence-corrected chi connectivity index (χ0v) is 14.2. The van der Waals surface area contributed by atoms with Gasteiger partial charge in [0.15, 0.2) is 9.84 Å². The van der Waals surface area contributed by atoms with Crippen LogP contribution in [0, 0.1) is 6.92 Å². The molecule has 24 heavy (non-hydrogen) atoms. The van der Waals surface area contributed by atoms with Crippen molar-refractivity contribution in [1.29, 1.82) is 0 Å². The smallest absolute Gasteiger partial charge is 0.258 e. The number of aryl methyl sites for hydroxylation is 2. The highest BCUT2D eigenvalue weighted by molar-refractivity contribution is 7.90. The predicted molar refractivity (Wildman–Crippen MR) is 93.8 cm³/mol. The minimum atomic E-state index is -3.34. The highest BCUT2D eigenvalue weighted by Gasteiger charge is 2.14. The summed E-state index contributed by atoms with van der Waals surface area (Å²) in [4.78, 5) is 16.4. The van der Waals surface area contributed by atoms with Crippen LogP contribution in [0.25, 0.3) is 5.65 Å². The number of fused-ring (bicyclic) bond motifs is 1. The number of aromatic nitrogens is 2. The quantitative estimate of drug-likeness (QED) is 0.712. The van der Waals surface area contributed by atoms with Crippen LogP contribution in [0.15, 0.2) is 59.5 Å². The molecule has 0 spiro atoms. The third-order valence-electron chi connectivity index (χ3n) is 3.77. The van der Waals surface area contributed by atoms with Crippen molar-refractivity contribution >= 4 is 15.5 Å². The molecule has 0 fully saturated rings. The van der Waals surface area contributed by atoms with Crippen LogP contribution >= 0.6 is 0 Å². The lowest BCUT2D eigenvalue weighted by Gasteiger charge is -2.06. The minimum Gasteiger partial charge on any atom is -0.269 e.